The average Bonchev–Trinajstić information content (AvgIpc) is 2.96. The minimum atomic E-state index is -4.95. The Hall–Kier alpha value is -2.57. The van der Waals surface area contributed by atoms with E-state index in [4.69, 9.17) is 0 Å². The Kier molecular flexibility index (Phi) is 3.71. The van der Waals surface area contributed by atoms with Crippen molar-refractivity contribution in [3.05, 3.63) is 66.4 Å². The lowest BCUT2D eigenvalue weighted by Crippen LogP contribution is -2.33. The molecule has 2 aromatic carbocycles. The van der Waals surface area contributed by atoms with Gasteiger partial charge < -0.3 is 12.9 Å². The number of nitrogens with zero attached hydrogens (tertiary/aromatic N) is 3. The van der Waals surface area contributed by atoms with Crippen LogP contribution in [0.25, 0.3) is 11.3 Å². The summed E-state index contributed by atoms with van der Waals surface area (Å²) in [5.41, 5.74) is 1.83. The van der Waals surface area contributed by atoms with Crippen LogP contribution in [0, 0.1) is 0 Å². The normalized spacial score (nSPS) is 11.6. The van der Waals surface area contributed by atoms with Crippen LogP contribution in [0.15, 0.2) is 60.8 Å². The molecule has 3 rings (SSSR count). The van der Waals surface area contributed by atoms with E-state index in [2.05, 4.69) is 10.3 Å². The topological polar surface area (TPSA) is 30.7 Å². The van der Waals surface area contributed by atoms with E-state index in [-0.39, 0.29) is 0 Å². The van der Waals surface area contributed by atoms with Crippen molar-refractivity contribution >= 4 is 12.4 Å². The summed E-state index contributed by atoms with van der Waals surface area (Å²) in [4.78, 5) is 0. The summed E-state index contributed by atoms with van der Waals surface area (Å²) in [6.07, 6.45) is 1.77. The maximum atomic E-state index is 12.6. The van der Waals surface area contributed by atoms with Crippen LogP contribution in [0.4, 0.5) is 12.9 Å². The number of hydrogen-bond acceptors (Lipinski definition) is 2. The summed E-state index contributed by atoms with van der Waals surface area (Å²) in [5, 5.41) is 8.08. The number of hydrogen-bond donors (Lipinski definition) is 0. The van der Waals surface area contributed by atoms with E-state index in [1.807, 2.05) is 30.3 Å². The highest BCUT2D eigenvalue weighted by Crippen LogP contribution is 2.15. The first-order valence-corrected chi connectivity index (χ1v) is 6.77. The first-order chi connectivity index (χ1) is 10.5. The van der Waals surface area contributed by atoms with Gasteiger partial charge in [0.1, 0.15) is 5.69 Å². The van der Waals surface area contributed by atoms with Crippen molar-refractivity contribution in [1.82, 2.24) is 15.0 Å². The maximum absolute atomic E-state index is 12.6. The summed E-state index contributed by atoms with van der Waals surface area (Å²) in [5.74, 6) is 0. The molecule has 1 aromatic heterocycles. The summed E-state index contributed by atoms with van der Waals surface area (Å²) in [6.45, 7) is -4.57. The van der Waals surface area contributed by atoms with Crippen molar-refractivity contribution in [1.29, 1.82) is 0 Å². The lowest BCUT2D eigenvalue weighted by atomic mass is 9.80. The molecule has 3 nitrogen and oxygen atoms in total. The Labute approximate surface area is 125 Å². The molecule has 0 aliphatic rings. The van der Waals surface area contributed by atoms with Crippen LogP contribution in [0.3, 0.4) is 0 Å². The highest BCUT2D eigenvalue weighted by atomic mass is 19.4. The fourth-order valence-corrected chi connectivity index (χ4v) is 2.15. The molecule has 0 saturated carbocycles. The standard InChI is InChI=1S/C15H12BF3N3/c17-16(18,19)14-8-6-12(7-9-14)10-22-11-15(20-21-22)13-4-2-1-3-5-13/h1-9,11H,10H2/q-1. The van der Waals surface area contributed by atoms with Gasteiger partial charge in [-0.3, -0.25) is 0 Å². The monoisotopic (exact) mass is 302 g/mol. The molecule has 0 aliphatic carbocycles. The van der Waals surface area contributed by atoms with E-state index in [1.54, 1.807) is 10.9 Å². The van der Waals surface area contributed by atoms with Crippen LogP contribution < -0.4 is 5.46 Å². The molecule has 0 radical (unpaired) electrons. The van der Waals surface area contributed by atoms with Gasteiger partial charge in [-0.2, -0.15) is 0 Å². The largest absolute Gasteiger partial charge is 0.509 e. The first kappa shape index (κ1) is 14.4. The van der Waals surface area contributed by atoms with E-state index in [0.29, 0.717) is 6.54 Å². The van der Waals surface area contributed by atoms with Gasteiger partial charge in [-0.25, -0.2) is 4.68 Å². The molecule has 0 bridgehead atoms. The molecule has 0 unspecified atom stereocenters. The van der Waals surface area contributed by atoms with Gasteiger partial charge in [0.25, 0.3) is 0 Å². The Morgan fingerprint density at radius 2 is 1.59 bits per heavy atom. The predicted octanol–water partition coefficient (Wildman–Crippen LogP) is 3.05. The number of benzene rings is 2. The van der Waals surface area contributed by atoms with Gasteiger partial charge in [-0.1, -0.05) is 59.8 Å². The summed E-state index contributed by atoms with van der Waals surface area (Å²) >= 11 is 0. The number of halogens is 3. The van der Waals surface area contributed by atoms with Crippen LogP contribution >= 0.6 is 0 Å². The van der Waals surface area contributed by atoms with E-state index < -0.39 is 12.4 Å². The Morgan fingerprint density at radius 3 is 2.23 bits per heavy atom. The molecule has 0 aliphatic heterocycles. The van der Waals surface area contributed by atoms with Crippen molar-refractivity contribution in [3.63, 3.8) is 0 Å². The predicted molar refractivity (Wildman–Crippen MR) is 79.7 cm³/mol. The zero-order valence-corrected chi connectivity index (χ0v) is 11.5. The third-order valence-electron chi connectivity index (χ3n) is 3.31. The van der Waals surface area contributed by atoms with Crippen molar-refractivity contribution in [2.45, 2.75) is 6.54 Å². The fraction of sp³-hybridized carbons (Fsp3) is 0.0667. The maximum Gasteiger partial charge on any atom is 0.509 e. The van der Waals surface area contributed by atoms with Gasteiger partial charge in [-0.15, -0.1) is 10.6 Å². The lowest BCUT2D eigenvalue weighted by molar-refractivity contribution is 0.501. The highest BCUT2D eigenvalue weighted by Gasteiger charge is 2.24. The van der Waals surface area contributed by atoms with E-state index in [0.717, 1.165) is 29.0 Å². The number of aromatic nitrogens is 3. The molecular formula is C15H12BF3N3-. The molecule has 0 spiro atoms. The van der Waals surface area contributed by atoms with E-state index in [1.165, 1.54) is 12.1 Å². The van der Waals surface area contributed by atoms with Gasteiger partial charge in [0.15, 0.2) is 0 Å². The Bertz CT molecular complexity index is 752. The van der Waals surface area contributed by atoms with Crippen molar-refractivity contribution < 1.29 is 12.9 Å². The highest BCUT2D eigenvalue weighted by molar-refractivity contribution is 6.73. The van der Waals surface area contributed by atoms with Crippen LogP contribution in [0.1, 0.15) is 5.56 Å². The molecule has 0 amide bonds. The fourth-order valence-electron chi connectivity index (χ4n) is 2.15. The third-order valence-corrected chi connectivity index (χ3v) is 3.31. The second-order valence-corrected chi connectivity index (χ2v) is 4.98. The molecule has 112 valence electrons. The number of rotatable bonds is 4. The van der Waals surface area contributed by atoms with Crippen LogP contribution in [-0.2, 0) is 6.54 Å². The quantitative estimate of drug-likeness (QED) is 0.694. The third kappa shape index (κ3) is 3.19. The zero-order chi connectivity index (χ0) is 15.6. The molecule has 1 heterocycles. The first-order valence-electron chi connectivity index (χ1n) is 6.77. The lowest BCUT2D eigenvalue weighted by Gasteiger charge is -2.14. The second-order valence-electron chi connectivity index (χ2n) is 4.98. The molecule has 3 aromatic rings. The molecule has 0 atom stereocenters. The molecule has 22 heavy (non-hydrogen) atoms. The molecule has 0 N–H and O–H groups in total. The van der Waals surface area contributed by atoms with Gasteiger partial charge in [0.2, 0.25) is 0 Å². The van der Waals surface area contributed by atoms with Crippen molar-refractivity contribution in [2.75, 3.05) is 0 Å². The van der Waals surface area contributed by atoms with E-state index in [9.17, 15) is 12.9 Å². The van der Waals surface area contributed by atoms with Crippen LogP contribution in [-0.4, -0.2) is 22.0 Å². The van der Waals surface area contributed by atoms with E-state index >= 15 is 0 Å². The minimum Gasteiger partial charge on any atom is -0.445 e. The average molecular weight is 302 g/mol. The Balaban J connectivity index is 1.76. The SMILES string of the molecule is F[B-](F)(F)c1ccc(Cn2cc(-c3ccccc3)nn2)cc1. The summed E-state index contributed by atoms with van der Waals surface area (Å²) in [7, 11) is 0. The zero-order valence-electron chi connectivity index (χ0n) is 11.5. The van der Waals surface area contributed by atoms with Gasteiger partial charge in [0.05, 0.1) is 12.7 Å². The summed E-state index contributed by atoms with van der Waals surface area (Å²) in [6, 6.07) is 14.7. The smallest absolute Gasteiger partial charge is 0.445 e. The molecule has 0 saturated heterocycles. The van der Waals surface area contributed by atoms with Crippen LogP contribution in [0.5, 0.6) is 0 Å². The van der Waals surface area contributed by atoms with Gasteiger partial charge >= 0.3 is 6.98 Å². The van der Waals surface area contributed by atoms with Crippen LogP contribution in [0.2, 0.25) is 0 Å². The Morgan fingerprint density at radius 1 is 0.909 bits per heavy atom. The van der Waals surface area contributed by atoms with Crippen molar-refractivity contribution in [2.24, 2.45) is 0 Å². The van der Waals surface area contributed by atoms with Gasteiger partial charge in [0, 0.05) is 5.56 Å². The van der Waals surface area contributed by atoms with Crippen molar-refractivity contribution in [3.8, 4) is 11.3 Å². The second kappa shape index (κ2) is 5.67. The molecule has 0 fully saturated rings. The molecular weight excluding hydrogens is 290 g/mol. The van der Waals surface area contributed by atoms with Gasteiger partial charge in [-0.05, 0) is 5.56 Å². The minimum absolute atomic E-state index is 0.380. The molecule has 7 heteroatoms. The summed E-state index contributed by atoms with van der Waals surface area (Å²) < 4.78 is 39.3.